The molecular formula is C17H16Cl2N2O3S2. The fourth-order valence-electron chi connectivity index (χ4n) is 2.61. The molecule has 1 aliphatic heterocycles. The van der Waals surface area contributed by atoms with Crippen molar-refractivity contribution in [3.63, 3.8) is 0 Å². The molecule has 2 heterocycles. The molecule has 0 saturated carbocycles. The van der Waals surface area contributed by atoms with Crippen LogP contribution >= 0.6 is 34.5 Å². The molecule has 1 aliphatic rings. The highest BCUT2D eigenvalue weighted by molar-refractivity contribution is 7.89. The molecule has 1 aromatic carbocycles. The summed E-state index contributed by atoms with van der Waals surface area (Å²) in [5.74, 6) is -0.131. The molecule has 1 aromatic heterocycles. The minimum Gasteiger partial charge on any atom is -0.337 e. The second-order valence-corrected chi connectivity index (χ2v) is 9.22. The number of piperazine rings is 1. The van der Waals surface area contributed by atoms with E-state index < -0.39 is 10.0 Å². The van der Waals surface area contributed by atoms with Crippen LogP contribution in [0.25, 0.3) is 6.08 Å². The summed E-state index contributed by atoms with van der Waals surface area (Å²) >= 11 is 13.5. The van der Waals surface area contributed by atoms with Crippen molar-refractivity contribution in [1.29, 1.82) is 0 Å². The van der Waals surface area contributed by atoms with Crippen LogP contribution in [0.1, 0.15) is 5.56 Å². The topological polar surface area (TPSA) is 57.7 Å². The fraction of sp³-hybridized carbons (Fsp3) is 0.235. The molecule has 3 rings (SSSR count). The van der Waals surface area contributed by atoms with Crippen LogP contribution in [0.15, 0.2) is 46.0 Å². The number of thiophene rings is 1. The number of carbonyl (C=O) groups excluding carboxylic acids is 1. The van der Waals surface area contributed by atoms with Crippen LogP contribution < -0.4 is 0 Å². The van der Waals surface area contributed by atoms with Gasteiger partial charge in [0.15, 0.2) is 0 Å². The molecule has 138 valence electrons. The van der Waals surface area contributed by atoms with Crippen molar-refractivity contribution in [3.05, 3.63) is 56.7 Å². The van der Waals surface area contributed by atoms with Gasteiger partial charge in [-0.05, 0) is 46.7 Å². The molecule has 0 atom stereocenters. The molecule has 26 heavy (non-hydrogen) atoms. The van der Waals surface area contributed by atoms with Crippen LogP contribution in [0.3, 0.4) is 0 Å². The monoisotopic (exact) mass is 430 g/mol. The second kappa shape index (κ2) is 8.10. The van der Waals surface area contributed by atoms with Crippen molar-refractivity contribution in [2.45, 2.75) is 4.90 Å². The molecule has 2 aromatic rings. The van der Waals surface area contributed by atoms with Crippen molar-refractivity contribution < 1.29 is 13.2 Å². The molecule has 1 amide bonds. The van der Waals surface area contributed by atoms with Crippen molar-refractivity contribution in [2.24, 2.45) is 0 Å². The first kappa shape index (κ1) is 19.4. The zero-order chi connectivity index (χ0) is 18.7. The molecule has 0 aliphatic carbocycles. The van der Waals surface area contributed by atoms with Gasteiger partial charge in [-0.25, -0.2) is 8.42 Å². The summed E-state index contributed by atoms with van der Waals surface area (Å²) in [6.07, 6.45) is 3.27. The van der Waals surface area contributed by atoms with E-state index in [4.69, 9.17) is 23.2 Å². The first-order valence-corrected chi connectivity index (χ1v) is 11.0. The minimum atomic E-state index is -3.75. The molecular weight excluding hydrogens is 415 g/mol. The average Bonchev–Trinajstić information content (AvgIpc) is 3.15. The molecule has 0 unspecified atom stereocenters. The first-order chi connectivity index (χ1) is 12.4. The van der Waals surface area contributed by atoms with Crippen LogP contribution in [0.5, 0.6) is 0 Å². The van der Waals surface area contributed by atoms with E-state index in [1.54, 1.807) is 28.4 Å². The molecule has 0 bridgehead atoms. The van der Waals surface area contributed by atoms with Gasteiger partial charge in [0.05, 0.1) is 5.02 Å². The van der Waals surface area contributed by atoms with Crippen molar-refractivity contribution in [2.75, 3.05) is 26.2 Å². The normalized spacial score (nSPS) is 16.3. The Balaban J connectivity index is 1.66. The van der Waals surface area contributed by atoms with Gasteiger partial charge in [-0.2, -0.15) is 15.6 Å². The van der Waals surface area contributed by atoms with E-state index in [-0.39, 0.29) is 28.9 Å². The summed E-state index contributed by atoms with van der Waals surface area (Å²) in [5, 5.41) is 4.32. The number of amides is 1. The average molecular weight is 431 g/mol. The molecule has 0 radical (unpaired) electrons. The highest BCUT2D eigenvalue weighted by atomic mass is 35.5. The van der Waals surface area contributed by atoms with Crippen LogP contribution in [0, 0.1) is 0 Å². The number of carbonyl (C=O) groups is 1. The number of benzene rings is 1. The Morgan fingerprint density at radius 3 is 2.50 bits per heavy atom. The Morgan fingerprint density at radius 2 is 1.85 bits per heavy atom. The quantitative estimate of drug-likeness (QED) is 0.696. The molecule has 1 fully saturated rings. The zero-order valence-corrected chi connectivity index (χ0v) is 16.8. The predicted octanol–water partition coefficient (Wildman–Crippen LogP) is 3.60. The molecule has 5 nitrogen and oxygen atoms in total. The maximum Gasteiger partial charge on any atom is 0.246 e. The first-order valence-electron chi connectivity index (χ1n) is 7.82. The van der Waals surface area contributed by atoms with E-state index in [1.165, 1.54) is 22.5 Å². The summed E-state index contributed by atoms with van der Waals surface area (Å²) in [6, 6.07) is 6.28. The molecule has 1 saturated heterocycles. The van der Waals surface area contributed by atoms with Gasteiger partial charge in [0, 0.05) is 37.3 Å². The Morgan fingerprint density at radius 1 is 1.12 bits per heavy atom. The number of rotatable bonds is 4. The van der Waals surface area contributed by atoms with Gasteiger partial charge < -0.3 is 4.90 Å². The number of hydrogen-bond donors (Lipinski definition) is 0. The summed E-state index contributed by atoms with van der Waals surface area (Å²) < 4.78 is 26.9. The number of nitrogens with zero attached hydrogens (tertiary/aromatic N) is 2. The lowest BCUT2D eigenvalue weighted by atomic mass is 10.3. The lowest BCUT2D eigenvalue weighted by molar-refractivity contribution is -0.127. The maximum absolute atomic E-state index is 12.8. The van der Waals surface area contributed by atoms with Gasteiger partial charge in [0.1, 0.15) is 4.90 Å². The zero-order valence-electron chi connectivity index (χ0n) is 13.6. The van der Waals surface area contributed by atoms with Crippen molar-refractivity contribution >= 4 is 56.5 Å². The van der Waals surface area contributed by atoms with Crippen LogP contribution in [-0.4, -0.2) is 49.7 Å². The molecule has 0 spiro atoms. The highest BCUT2D eigenvalue weighted by Crippen LogP contribution is 2.28. The smallest absolute Gasteiger partial charge is 0.246 e. The number of halogens is 2. The van der Waals surface area contributed by atoms with Crippen molar-refractivity contribution in [3.8, 4) is 0 Å². The Kier molecular flexibility index (Phi) is 6.04. The summed E-state index contributed by atoms with van der Waals surface area (Å²) in [7, 11) is -3.75. The minimum absolute atomic E-state index is 0.0104. The predicted molar refractivity (Wildman–Crippen MR) is 105 cm³/mol. The van der Waals surface area contributed by atoms with E-state index in [0.717, 1.165) is 5.56 Å². The third kappa shape index (κ3) is 4.29. The Hall–Kier alpha value is -1.38. The molecule has 9 heteroatoms. The van der Waals surface area contributed by atoms with Gasteiger partial charge in [0.25, 0.3) is 0 Å². The third-order valence-corrected chi connectivity index (χ3v) is 7.34. The van der Waals surface area contributed by atoms with E-state index in [9.17, 15) is 13.2 Å². The number of hydrogen-bond acceptors (Lipinski definition) is 4. The lowest BCUT2D eigenvalue weighted by Gasteiger charge is -2.33. The Labute approximate surface area is 166 Å². The standard InChI is InChI=1S/C17H16Cl2N2O3S2/c18-14-2-3-15(19)16(11-14)26(23,24)21-8-6-20(7-9-21)17(22)4-1-13-5-10-25-12-13/h1-5,10-12H,6-9H2. The SMILES string of the molecule is O=C(C=Cc1ccsc1)N1CCN(S(=O)(=O)c2cc(Cl)ccc2Cl)CC1. The van der Waals surface area contributed by atoms with Gasteiger partial charge in [-0.15, -0.1) is 0 Å². The van der Waals surface area contributed by atoms with Crippen LogP contribution in [0.4, 0.5) is 0 Å². The van der Waals surface area contributed by atoms with Crippen LogP contribution in [-0.2, 0) is 14.8 Å². The third-order valence-electron chi connectivity index (χ3n) is 4.02. The van der Waals surface area contributed by atoms with Crippen LogP contribution in [0.2, 0.25) is 10.0 Å². The van der Waals surface area contributed by atoms with E-state index in [2.05, 4.69) is 0 Å². The van der Waals surface area contributed by atoms with E-state index >= 15 is 0 Å². The molecule has 0 N–H and O–H groups in total. The van der Waals surface area contributed by atoms with E-state index in [1.807, 2.05) is 16.8 Å². The second-order valence-electron chi connectivity index (χ2n) is 5.69. The number of sulfonamides is 1. The van der Waals surface area contributed by atoms with Gasteiger partial charge in [-0.1, -0.05) is 23.2 Å². The summed E-state index contributed by atoms with van der Waals surface area (Å²) in [6.45, 7) is 1.07. The van der Waals surface area contributed by atoms with E-state index in [0.29, 0.717) is 18.1 Å². The summed E-state index contributed by atoms with van der Waals surface area (Å²) in [4.78, 5) is 13.9. The van der Waals surface area contributed by atoms with Gasteiger partial charge >= 0.3 is 0 Å². The van der Waals surface area contributed by atoms with Crippen molar-refractivity contribution in [1.82, 2.24) is 9.21 Å². The Bertz CT molecular complexity index is 919. The fourth-order valence-corrected chi connectivity index (χ4v) is 5.39. The maximum atomic E-state index is 12.8. The highest BCUT2D eigenvalue weighted by Gasteiger charge is 2.31. The largest absolute Gasteiger partial charge is 0.337 e. The van der Waals surface area contributed by atoms with Gasteiger partial charge in [0.2, 0.25) is 15.9 Å². The summed E-state index contributed by atoms with van der Waals surface area (Å²) in [5.41, 5.74) is 0.972. The lowest BCUT2D eigenvalue weighted by Crippen LogP contribution is -2.50. The van der Waals surface area contributed by atoms with Gasteiger partial charge in [-0.3, -0.25) is 4.79 Å².